The molecule has 0 spiro atoms. The molecule has 1 aromatic carbocycles. The highest BCUT2D eigenvalue weighted by atomic mass is 14.3. The van der Waals surface area contributed by atoms with Crippen molar-refractivity contribution in [1.82, 2.24) is 0 Å². The zero-order chi connectivity index (χ0) is 13.6. The van der Waals surface area contributed by atoms with Gasteiger partial charge in [-0.2, -0.15) is 0 Å². The molecule has 96 valence electrons. The first-order chi connectivity index (χ1) is 9.09. The minimum atomic E-state index is 1.06. The van der Waals surface area contributed by atoms with Gasteiger partial charge in [0.1, 0.15) is 0 Å². The minimum absolute atomic E-state index is 1.06. The number of hydrogen-bond acceptors (Lipinski definition) is 0. The highest BCUT2D eigenvalue weighted by molar-refractivity contribution is 5.58. The summed E-state index contributed by atoms with van der Waals surface area (Å²) >= 11 is 0. The third kappa shape index (κ3) is 1.84. The molecule has 0 saturated carbocycles. The second kappa shape index (κ2) is 4.40. The van der Waals surface area contributed by atoms with E-state index in [0.717, 1.165) is 12.8 Å². The first kappa shape index (κ1) is 12.3. The summed E-state index contributed by atoms with van der Waals surface area (Å²) in [5.74, 6) is 0. The molecule has 0 fully saturated rings. The molecule has 2 aliphatic carbocycles. The van der Waals surface area contributed by atoms with Gasteiger partial charge in [0.15, 0.2) is 0 Å². The van der Waals surface area contributed by atoms with Gasteiger partial charge < -0.3 is 0 Å². The lowest BCUT2D eigenvalue weighted by Gasteiger charge is -2.26. The summed E-state index contributed by atoms with van der Waals surface area (Å²) in [6, 6.07) is 0. The van der Waals surface area contributed by atoms with Crippen LogP contribution in [0.5, 0.6) is 0 Å². The summed E-state index contributed by atoms with van der Waals surface area (Å²) in [7, 11) is 0. The maximum absolute atomic E-state index is 3.24. The van der Waals surface area contributed by atoms with Gasteiger partial charge in [-0.25, -0.2) is 0 Å². The molecule has 0 amide bonds. The highest BCUT2D eigenvalue weighted by Crippen LogP contribution is 2.35. The minimum Gasteiger partial charge on any atom is -0.121 e. The van der Waals surface area contributed by atoms with Crippen LogP contribution in [0, 0.1) is 27.7 Å². The van der Waals surface area contributed by atoms with E-state index in [-0.39, 0.29) is 0 Å². The predicted molar refractivity (Wildman–Crippen MR) is 81.6 cm³/mol. The Morgan fingerprint density at radius 1 is 0.789 bits per heavy atom. The number of benzene rings is 1. The Labute approximate surface area is 115 Å². The van der Waals surface area contributed by atoms with E-state index < -0.39 is 0 Å². The molecule has 2 aliphatic rings. The molecule has 0 nitrogen and oxygen atoms in total. The molecule has 0 heteroatoms. The van der Waals surface area contributed by atoms with Crippen molar-refractivity contribution in [2.24, 2.45) is 0 Å². The van der Waals surface area contributed by atoms with Gasteiger partial charge in [0.05, 0.1) is 0 Å². The van der Waals surface area contributed by atoms with Gasteiger partial charge in [-0.3, -0.25) is 0 Å². The van der Waals surface area contributed by atoms with E-state index in [4.69, 9.17) is 0 Å². The van der Waals surface area contributed by atoms with E-state index in [1.807, 2.05) is 6.08 Å². The number of fused-ring (bicyclic) bond motifs is 1. The topological polar surface area (TPSA) is 0 Å². The van der Waals surface area contributed by atoms with E-state index in [1.165, 1.54) is 33.4 Å². The third-order valence-electron chi connectivity index (χ3n) is 4.85. The molecule has 0 bridgehead atoms. The van der Waals surface area contributed by atoms with Crippen molar-refractivity contribution in [3.8, 4) is 0 Å². The predicted octanol–water partition coefficient (Wildman–Crippen LogP) is 4.60. The van der Waals surface area contributed by atoms with Crippen LogP contribution in [0.4, 0.5) is 0 Å². The normalized spacial score (nSPS) is 16.4. The maximum atomic E-state index is 3.24. The molecule has 0 aromatic heterocycles. The van der Waals surface area contributed by atoms with Crippen LogP contribution in [0.15, 0.2) is 41.2 Å². The lowest BCUT2D eigenvalue weighted by molar-refractivity contribution is 0.959. The van der Waals surface area contributed by atoms with Gasteiger partial charge in [-0.05, 0) is 97.2 Å². The average molecular weight is 248 g/mol. The molecule has 0 heterocycles. The summed E-state index contributed by atoms with van der Waals surface area (Å²) < 4.78 is 0. The SMILES string of the molecule is Cc1c(C)c(C)c2c(c1C)CC1=C(C=CC=C=C1)C2. The molecule has 1 aromatic rings. The van der Waals surface area contributed by atoms with Crippen molar-refractivity contribution >= 4 is 0 Å². The Morgan fingerprint density at radius 3 is 2.00 bits per heavy atom. The fraction of sp³-hybridized carbons (Fsp3) is 0.316. The van der Waals surface area contributed by atoms with Crippen LogP contribution >= 0.6 is 0 Å². The van der Waals surface area contributed by atoms with Gasteiger partial charge >= 0.3 is 0 Å². The lowest BCUT2D eigenvalue weighted by atomic mass is 9.78. The molecule has 0 N–H and O–H groups in total. The first-order valence-electron chi connectivity index (χ1n) is 6.99. The zero-order valence-electron chi connectivity index (χ0n) is 12.2. The van der Waals surface area contributed by atoms with Crippen LogP contribution in [-0.4, -0.2) is 0 Å². The Balaban J connectivity index is 2.21. The monoisotopic (exact) mass is 248 g/mol. The fourth-order valence-corrected chi connectivity index (χ4v) is 3.23. The second-order valence-electron chi connectivity index (χ2n) is 5.70. The second-order valence-corrected chi connectivity index (χ2v) is 5.70. The van der Waals surface area contributed by atoms with Gasteiger partial charge in [-0.15, -0.1) is 5.73 Å². The Hall–Kier alpha value is -1.78. The summed E-state index contributed by atoms with van der Waals surface area (Å²) in [5, 5.41) is 0. The van der Waals surface area contributed by atoms with Gasteiger partial charge in [0.2, 0.25) is 0 Å². The summed E-state index contributed by atoms with van der Waals surface area (Å²) in [6.07, 6.45) is 10.6. The van der Waals surface area contributed by atoms with Crippen LogP contribution in [0.2, 0.25) is 0 Å². The van der Waals surface area contributed by atoms with Crippen LogP contribution in [0.1, 0.15) is 33.4 Å². The molecule has 19 heavy (non-hydrogen) atoms. The van der Waals surface area contributed by atoms with Crippen LogP contribution in [0.3, 0.4) is 0 Å². The van der Waals surface area contributed by atoms with Crippen molar-refractivity contribution in [3.63, 3.8) is 0 Å². The lowest BCUT2D eigenvalue weighted by Crippen LogP contribution is -2.13. The van der Waals surface area contributed by atoms with E-state index in [1.54, 1.807) is 11.1 Å². The van der Waals surface area contributed by atoms with E-state index >= 15 is 0 Å². The molecule has 0 aliphatic heterocycles. The molecule has 0 atom stereocenters. The maximum Gasteiger partial charge on any atom is -0.00111 e. The Kier molecular flexibility index (Phi) is 2.84. The largest absolute Gasteiger partial charge is 0.121 e. The van der Waals surface area contributed by atoms with Gasteiger partial charge in [0.25, 0.3) is 0 Å². The van der Waals surface area contributed by atoms with E-state index in [0.29, 0.717) is 0 Å². The Bertz CT molecular complexity index is 687. The number of allylic oxidation sites excluding steroid dienone is 5. The van der Waals surface area contributed by atoms with Crippen molar-refractivity contribution in [3.05, 3.63) is 74.6 Å². The fourth-order valence-electron chi connectivity index (χ4n) is 3.23. The quantitative estimate of drug-likeness (QED) is 0.589. The average Bonchev–Trinajstić information content (AvgIpc) is 2.65. The van der Waals surface area contributed by atoms with Crippen molar-refractivity contribution < 1.29 is 0 Å². The van der Waals surface area contributed by atoms with Crippen LogP contribution < -0.4 is 0 Å². The van der Waals surface area contributed by atoms with Gasteiger partial charge in [0, 0.05) is 0 Å². The highest BCUT2D eigenvalue weighted by Gasteiger charge is 2.21. The molecular weight excluding hydrogens is 228 g/mol. The van der Waals surface area contributed by atoms with Crippen molar-refractivity contribution in [1.29, 1.82) is 0 Å². The van der Waals surface area contributed by atoms with E-state index in [9.17, 15) is 0 Å². The van der Waals surface area contributed by atoms with Crippen molar-refractivity contribution in [2.45, 2.75) is 40.5 Å². The van der Waals surface area contributed by atoms with Crippen molar-refractivity contribution in [2.75, 3.05) is 0 Å². The molecule has 3 rings (SSSR count). The molecular formula is C19H20. The standard InChI is InChI=1S/C19H20/c1-12-13(2)15(4)19-11-17-9-7-5-6-8-16(17)10-18(19)14(12)3/h5-6,8-9H,10-11H2,1-4H3. The first-order valence-corrected chi connectivity index (χ1v) is 6.99. The van der Waals surface area contributed by atoms with Crippen LogP contribution in [-0.2, 0) is 12.8 Å². The van der Waals surface area contributed by atoms with Crippen LogP contribution in [0.25, 0.3) is 0 Å². The molecule has 0 radical (unpaired) electrons. The third-order valence-corrected chi connectivity index (χ3v) is 4.85. The van der Waals surface area contributed by atoms with E-state index in [2.05, 4.69) is 51.7 Å². The number of hydrogen-bond donors (Lipinski definition) is 0. The summed E-state index contributed by atoms with van der Waals surface area (Å²) in [4.78, 5) is 0. The Morgan fingerprint density at radius 2 is 1.37 bits per heavy atom. The van der Waals surface area contributed by atoms with Gasteiger partial charge in [-0.1, -0.05) is 12.2 Å². The molecule has 0 saturated heterocycles. The smallest absolute Gasteiger partial charge is 0.00111 e. The zero-order valence-corrected chi connectivity index (χ0v) is 12.2. The summed E-state index contributed by atoms with van der Waals surface area (Å²) in [5.41, 5.74) is 15.1. The molecule has 0 unspecified atom stereocenters. The summed E-state index contributed by atoms with van der Waals surface area (Å²) in [6.45, 7) is 9.07. The number of rotatable bonds is 0.